The Morgan fingerprint density at radius 2 is 1.96 bits per heavy atom. The average molecular weight is 797 g/mol. The van der Waals surface area contributed by atoms with Gasteiger partial charge >= 0.3 is 0 Å². The fourth-order valence-electron chi connectivity index (χ4n) is 7.61. The predicted molar refractivity (Wildman–Crippen MR) is 195 cm³/mol. The second kappa shape index (κ2) is 14.5. The number of nitrogens with zero attached hydrogens (tertiary/aromatic N) is 3. The summed E-state index contributed by atoms with van der Waals surface area (Å²) >= 11 is 8.81. The van der Waals surface area contributed by atoms with E-state index in [2.05, 4.69) is 62.7 Å². The quantitative estimate of drug-likeness (QED) is 0.282. The average Bonchev–Trinajstić information content (AvgIpc) is 3.18. The van der Waals surface area contributed by atoms with Crippen LogP contribution in [-0.2, 0) is 31.4 Å². The summed E-state index contributed by atoms with van der Waals surface area (Å²) < 4.78 is 37.2. The first-order chi connectivity index (χ1) is 22.4. The number of hydrogen-bond donors (Lipinski definition) is 1. The highest BCUT2D eigenvalue weighted by Crippen LogP contribution is 2.45. The van der Waals surface area contributed by atoms with Crippen LogP contribution in [0.4, 0.5) is 5.69 Å². The number of sulfonamides is 1. The number of allylic oxidation sites excluding steroid dienone is 1. The molecule has 6 rings (SSSR count). The molecule has 1 unspecified atom stereocenters. The van der Waals surface area contributed by atoms with Crippen LogP contribution in [0.25, 0.3) is 0 Å². The number of fused-ring (bicyclic) bond motifs is 3. The van der Waals surface area contributed by atoms with Gasteiger partial charge in [0.05, 0.1) is 30.8 Å². The largest absolute Gasteiger partial charge is 0.490 e. The number of primary sulfonamides is 1. The summed E-state index contributed by atoms with van der Waals surface area (Å²) in [5.74, 6) is 0.797. The van der Waals surface area contributed by atoms with Crippen molar-refractivity contribution in [3.63, 3.8) is 0 Å². The van der Waals surface area contributed by atoms with Gasteiger partial charge in [-0.3, -0.25) is 9.69 Å². The maximum absolute atomic E-state index is 14.1. The standard InChI is InChI=1S/C35H46ClIN4O5S/c1-24(25(2)47(38,43)44)5-3-7-31(34(42)39-15-17-45-18-16-39)41-14-12-29(41)21-40-22-35(23-46-33-11-9-28(37)20-32(33)40)13-4-6-26-19-27(36)8-10-30(26)35/h3,7-11,19-20,24-25,29,31H,4-6,12-18,21-23H2,1-2H3,(H2,38,43,44)/b7-3+/t24-,25+,29-,31?,35-/m0/s1. The third kappa shape index (κ3) is 7.65. The van der Waals surface area contributed by atoms with Gasteiger partial charge in [-0.15, -0.1) is 0 Å². The van der Waals surface area contributed by atoms with Crippen molar-refractivity contribution >= 4 is 55.8 Å². The molecule has 256 valence electrons. The Morgan fingerprint density at radius 3 is 2.68 bits per heavy atom. The van der Waals surface area contributed by atoms with Crippen molar-refractivity contribution in [1.29, 1.82) is 0 Å². The van der Waals surface area contributed by atoms with E-state index in [9.17, 15) is 13.2 Å². The van der Waals surface area contributed by atoms with Crippen molar-refractivity contribution in [2.24, 2.45) is 11.1 Å². The lowest BCUT2D eigenvalue weighted by molar-refractivity contribution is -0.142. The highest BCUT2D eigenvalue weighted by atomic mass is 127. The number of morpholine rings is 1. The lowest BCUT2D eigenvalue weighted by atomic mass is 9.70. The fraction of sp³-hybridized carbons (Fsp3) is 0.571. The number of carbonyl (C=O) groups excluding carboxylic acids is 1. The molecule has 12 heteroatoms. The van der Waals surface area contributed by atoms with E-state index in [1.165, 1.54) is 11.1 Å². The SMILES string of the molecule is C[C@H]([C@@H](C)C/C=C/C(C(=O)N1CCOCC1)N1CC[C@H]1CN1C[C@@]2(CCCc3cc(Cl)ccc32)COc2ccc(I)cc21)S(N)(=O)=O. The van der Waals surface area contributed by atoms with Crippen LogP contribution in [0.2, 0.25) is 5.02 Å². The predicted octanol–water partition coefficient (Wildman–Crippen LogP) is 4.98. The fourth-order valence-corrected chi connectivity index (χ4v) is 9.04. The number of ether oxygens (including phenoxy) is 2. The smallest absolute Gasteiger partial charge is 0.244 e. The summed E-state index contributed by atoms with van der Waals surface area (Å²) in [6.07, 6.45) is 8.60. The van der Waals surface area contributed by atoms with Gasteiger partial charge in [-0.2, -0.15) is 0 Å². The molecule has 2 saturated heterocycles. The number of hydrogen-bond acceptors (Lipinski definition) is 7. The zero-order valence-electron chi connectivity index (χ0n) is 27.2. The molecular formula is C35H46ClIN4O5S. The zero-order valence-corrected chi connectivity index (χ0v) is 31.0. The topological polar surface area (TPSA) is 105 Å². The van der Waals surface area contributed by atoms with Crippen molar-refractivity contribution in [3.8, 4) is 5.75 Å². The van der Waals surface area contributed by atoms with Crippen LogP contribution in [0.5, 0.6) is 5.75 Å². The Hall–Kier alpha value is -1.90. The minimum absolute atomic E-state index is 0.0742. The molecule has 2 aromatic carbocycles. The van der Waals surface area contributed by atoms with Crippen molar-refractivity contribution in [2.45, 2.75) is 68.7 Å². The molecule has 0 aromatic heterocycles. The Morgan fingerprint density at radius 1 is 1.17 bits per heavy atom. The van der Waals surface area contributed by atoms with Crippen LogP contribution < -0.4 is 14.8 Å². The van der Waals surface area contributed by atoms with Gasteiger partial charge in [0.25, 0.3) is 0 Å². The number of halogens is 2. The second-order valence-corrected chi connectivity index (χ2v) is 17.3. The molecule has 1 spiro atoms. The molecule has 3 heterocycles. The molecule has 1 amide bonds. The molecule has 0 radical (unpaired) electrons. The van der Waals surface area contributed by atoms with E-state index in [1.807, 2.05) is 30.0 Å². The van der Waals surface area contributed by atoms with Crippen molar-refractivity contribution in [3.05, 3.63) is 68.3 Å². The second-order valence-electron chi connectivity index (χ2n) is 13.7. The molecule has 2 N–H and O–H groups in total. The number of aryl methyl sites for hydroxylation is 1. The summed E-state index contributed by atoms with van der Waals surface area (Å²) in [6, 6.07) is 12.4. The van der Waals surface area contributed by atoms with E-state index < -0.39 is 21.3 Å². The van der Waals surface area contributed by atoms with E-state index in [0.29, 0.717) is 39.3 Å². The first-order valence-electron chi connectivity index (χ1n) is 16.7. The van der Waals surface area contributed by atoms with Crippen LogP contribution in [0.3, 0.4) is 0 Å². The third-order valence-electron chi connectivity index (χ3n) is 10.7. The Kier molecular flexibility index (Phi) is 10.8. The highest BCUT2D eigenvalue weighted by molar-refractivity contribution is 14.1. The number of benzene rings is 2. The Bertz CT molecular complexity index is 1600. The maximum Gasteiger partial charge on any atom is 0.244 e. The highest BCUT2D eigenvalue weighted by Gasteiger charge is 2.44. The van der Waals surface area contributed by atoms with Gasteiger partial charge in [0, 0.05) is 52.8 Å². The molecule has 0 bridgehead atoms. The number of nitrogens with two attached hydrogens (primary N) is 1. The van der Waals surface area contributed by atoms with Crippen LogP contribution >= 0.6 is 34.2 Å². The molecule has 3 aliphatic heterocycles. The number of likely N-dealkylation sites (tertiary alicyclic amines) is 1. The number of rotatable bonds is 9. The molecule has 1 aliphatic carbocycles. The molecule has 4 aliphatic rings. The van der Waals surface area contributed by atoms with Gasteiger partial charge in [0.2, 0.25) is 15.9 Å². The van der Waals surface area contributed by atoms with E-state index in [0.717, 1.165) is 65.3 Å². The van der Waals surface area contributed by atoms with Crippen molar-refractivity contribution in [2.75, 3.05) is 57.4 Å². The Balaban J connectivity index is 1.28. The first kappa shape index (κ1) is 34.9. The van der Waals surface area contributed by atoms with Gasteiger partial charge in [-0.25, -0.2) is 13.6 Å². The third-order valence-corrected chi connectivity index (χ3v) is 13.1. The monoisotopic (exact) mass is 796 g/mol. The molecule has 2 fully saturated rings. The van der Waals surface area contributed by atoms with Crippen LogP contribution in [0.1, 0.15) is 50.7 Å². The maximum atomic E-state index is 14.1. The lowest BCUT2D eigenvalue weighted by Gasteiger charge is -2.49. The summed E-state index contributed by atoms with van der Waals surface area (Å²) in [5, 5.41) is 5.53. The number of amides is 1. The molecule has 47 heavy (non-hydrogen) atoms. The van der Waals surface area contributed by atoms with Crippen LogP contribution in [0, 0.1) is 9.49 Å². The summed E-state index contributed by atoms with van der Waals surface area (Å²) in [6.45, 7) is 8.75. The van der Waals surface area contributed by atoms with E-state index in [1.54, 1.807) is 6.92 Å². The van der Waals surface area contributed by atoms with Gasteiger partial charge in [-0.1, -0.05) is 36.7 Å². The summed E-state index contributed by atoms with van der Waals surface area (Å²) in [7, 11) is -3.64. The molecule has 2 aromatic rings. The zero-order chi connectivity index (χ0) is 33.3. The van der Waals surface area contributed by atoms with Crippen molar-refractivity contribution in [1.82, 2.24) is 9.80 Å². The lowest BCUT2D eigenvalue weighted by Crippen LogP contribution is -2.62. The number of carbonyl (C=O) groups is 1. The molecule has 5 atom stereocenters. The summed E-state index contributed by atoms with van der Waals surface area (Å²) in [4.78, 5) is 20.8. The molecular weight excluding hydrogens is 751 g/mol. The van der Waals surface area contributed by atoms with E-state index >= 15 is 0 Å². The van der Waals surface area contributed by atoms with E-state index in [4.69, 9.17) is 26.2 Å². The van der Waals surface area contributed by atoms with E-state index in [-0.39, 0.29) is 23.3 Å². The van der Waals surface area contributed by atoms with Gasteiger partial charge < -0.3 is 19.3 Å². The molecule has 9 nitrogen and oxygen atoms in total. The van der Waals surface area contributed by atoms with Crippen LogP contribution in [-0.4, -0.2) is 94.0 Å². The first-order valence-corrected chi connectivity index (χ1v) is 19.8. The number of anilines is 1. The van der Waals surface area contributed by atoms with Crippen molar-refractivity contribution < 1.29 is 22.7 Å². The van der Waals surface area contributed by atoms with Gasteiger partial charge in [-0.05, 0) is 109 Å². The molecule has 0 saturated carbocycles. The van der Waals surface area contributed by atoms with Gasteiger partial charge in [0.1, 0.15) is 11.8 Å². The Labute approximate surface area is 298 Å². The summed E-state index contributed by atoms with van der Waals surface area (Å²) in [5.41, 5.74) is 3.57. The van der Waals surface area contributed by atoms with Gasteiger partial charge in [0.15, 0.2) is 0 Å². The minimum Gasteiger partial charge on any atom is -0.490 e. The minimum atomic E-state index is -3.64. The normalized spacial score (nSPS) is 25.3. The van der Waals surface area contributed by atoms with Crippen LogP contribution in [0.15, 0.2) is 48.6 Å².